The molecule has 21 heavy (non-hydrogen) atoms. The number of hydrogen-bond acceptors (Lipinski definition) is 3. The van der Waals surface area contributed by atoms with Gasteiger partial charge in [0.2, 0.25) is 0 Å². The number of aromatic hydroxyl groups is 1. The number of phenolic OH excluding ortho intramolecular Hbond substituents is 1. The summed E-state index contributed by atoms with van der Waals surface area (Å²) in [4.78, 5) is 12.3. The highest BCUT2D eigenvalue weighted by Gasteiger charge is 2.23. The summed E-state index contributed by atoms with van der Waals surface area (Å²) in [5.74, 6) is 1.16. The van der Waals surface area contributed by atoms with E-state index in [4.69, 9.17) is 4.74 Å². The van der Waals surface area contributed by atoms with Crippen molar-refractivity contribution in [3.8, 4) is 11.5 Å². The van der Waals surface area contributed by atoms with Gasteiger partial charge in [0.15, 0.2) is 0 Å². The highest BCUT2D eigenvalue weighted by molar-refractivity contribution is 5.97. The SMILES string of the molecule is CCCC1CCC(NC(=O)c2cc(OC)ccc2O)CC1. The number of carbonyl (C=O) groups excluding carboxylic acids is 1. The van der Waals surface area contributed by atoms with Crippen molar-refractivity contribution in [1.82, 2.24) is 5.32 Å². The van der Waals surface area contributed by atoms with Crippen LogP contribution in [0.2, 0.25) is 0 Å². The van der Waals surface area contributed by atoms with Crippen molar-refractivity contribution in [3.05, 3.63) is 23.8 Å². The molecule has 1 saturated carbocycles. The first-order valence-corrected chi connectivity index (χ1v) is 7.82. The smallest absolute Gasteiger partial charge is 0.255 e. The van der Waals surface area contributed by atoms with Gasteiger partial charge in [0.05, 0.1) is 12.7 Å². The number of hydrogen-bond donors (Lipinski definition) is 2. The van der Waals surface area contributed by atoms with Crippen molar-refractivity contribution in [3.63, 3.8) is 0 Å². The van der Waals surface area contributed by atoms with E-state index >= 15 is 0 Å². The highest BCUT2D eigenvalue weighted by atomic mass is 16.5. The van der Waals surface area contributed by atoms with Crippen LogP contribution < -0.4 is 10.1 Å². The quantitative estimate of drug-likeness (QED) is 0.873. The first-order valence-electron chi connectivity index (χ1n) is 7.82. The molecule has 1 aromatic rings. The van der Waals surface area contributed by atoms with Gasteiger partial charge in [0, 0.05) is 6.04 Å². The summed E-state index contributed by atoms with van der Waals surface area (Å²) in [6.45, 7) is 2.22. The number of rotatable bonds is 5. The fraction of sp³-hybridized carbons (Fsp3) is 0.588. The zero-order valence-corrected chi connectivity index (χ0v) is 12.9. The van der Waals surface area contributed by atoms with E-state index in [-0.39, 0.29) is 23.3 Å². The molecule has 0 bridgehead atoms. The molecule has 0 unspecified atom stereocenters. The third kappa shape index (κ3) is 4.13. The van der Waals surface area contributed by atoms with Gasteiger partial charge >= 0.3 is 0 Å². The predicted molar refractivity (Wildman–Crippen MR) is 82.8 cm³/mol. The van der Waals surface area contributed by atoms with Crippen LogP contribution in [-0.4, -0.2) is 24.2 Å². The molecule has 0 heterocycles. The zero-order chi connectivity index (χ0) is 15.2. The van der Waals surface area contributed by atoms with Gasteiger partial charge in [-0.25, -0.2) is 0 Å². The van der Waals surface area contributed by atoms with Crippen LogP contribution in [0.15, 0.2) is 18.2 Å². The maximum Gasteiger partial charge on any atom is 0.255 e. The molecule has 2 N–H and O–H groups in total. The van der Waals surface area contributed by atoms with E-state index in [2.05, 4.69) is 12.2 Å². The summed E-state index contributed by atoms with van der Waals surface area (Å²) >= 11 is 0. The maximum atomic E-state index is 12.3. The largest absolute Gasteiger partial charge is 0.507 e. The van der Waals surface area contributed by atoms with E-state index < -0.39 is 0 Å². The van der Waals surface area contributed by atoms with Gasteiger partial charge in [-0.3, -0.25) is 4.79 Å². The predicted octanol–water partition coefficient (Wildman–Crippen LogP) is 3.49. The molecule has 1 amide bonds. The van der Waals surface area contributed by atoms with Crippen molar-refractivity contribution < 1.29 is 14.6 Å². The lowest BCUT2D eigenvalue weighted by Crippen LogP contribution is -2.37. The summed E-state index contributed by atoms with van der Waals surface area (Å²) < 4.78 is 5.10. The average Bonchev–Trinajstić information content (AvgIpc) is 2.50. The Labute approximate surface area is 126 Å². The second kappa shape index (κ2) is 7.34. The van der Waals surface area contributed by atoms with Crippen molar-refractivity contribution in [2.45, 2.75) is 51.5 Å². The summed E-state index contributed by atoms with van der Waals surface area (Å²) in [5.41, 5.74) is 0.282. The molecular weight excluding hydrogens is 266 g/mol. The van der Waals surface area contributed by atoms with Crippen LogP contribution in [0, 0.1) is 5.92 Å². The minimum atomic E-state index is -0.217. The molecule has 1 aromatic carbocycles. The second-order valence-corrected chi connectivity index (χ2v) is 5.86. The van der Waals surface area contributed by atoms with Gasteiger partial charge in [-0.1, -0.05) is 19.8 Å². The Morgan fingerprint density at radius 1 is 1.33 bits per heavy atom. The summed E-state index contributed by atoms with van der Waals surface area (Å²) in [6.07, 6.45) is 6.95. The van der Waals surface area contributed by atoms with Crippen molar-refractivity contribution >= 4 is 5.91 Å². The molecule has 1 aliphatic carbocycles. The van der Waals surface area contributed by atoms with Gasteiger partial charge in [-0.15, -0.1) is 0 Å². The fourth-order valence-electron chi connectivity index (χ4n) is 3.09. The molecule has 4 nitrogen and oxygen atoms in total. The van der Waals surface area contributed by atoms with E-state index in [9.17, 15) is 9.90 Å². The number of nitrogens with one attached hydrogen (secondary N) is 1. The molecule has 0 spiro atoms. The second-order valence-electron chi connectivity index (χ2n) is 5.86. The molecular formula is C17H25NO3. The number of carbonyl (C=O) groups is 1. The first-order chi connectivity index (χ1) is 10.1. The number of ether oxygens (including phenoxy) is 1. The number of phenols is 1. The van der Waals surface area contributed by atoms with E-state index in [1.165, 1.54) is 31.7 Å². The van der Waals surface area contributed by atoms with Crippen LogP contribution >= 0.6 is 0 Å². The number of methoxy groups -OCH3 is 1. The Bertz CT molecular complexity index is 479. The van der Waals surface area contributed by atoms with Crippen molar-refractivity contribution in [2.24, 2.45) is 5.92 Å². The molecule has 0 aromatic heterocycles. The molecule has 4 heteroatoms. The summed E-state index contributed by atoms with van der Waals surface area (Å²) in [5, 5.41) is 12.9. The third-order valence-corrected chi connectivity index (χ3v) is 4.33. The molecule has 0 atom stereocenters. The van der Waals surface area contributed by atoms with Crippen LogP contribution in [-0.2, 0) is 0 Å². The number of amides is 1. The zero-order valence-electron chi connectivity index (χ0n) is 12.9. The topological polar surface area (TPSA) is 58.6 Å². The fourth-order valence-corrected chi connectivity index (χ4v) is 3.09. The lowest BCUT2D eigenvalue weighted by molar-refractivity contribution is 0.0918. The van der Waals surface area contributed by atoms with Crippen molar-refractivity contribution in [2.75, 3.05) is 7.11 Å². The van der Waals surface area contributed by atoms with Gasteiger partial charge in [0.1, 0.15) is 11.5 Å². The van der Waals surface area contributed by atoms with Crippen LogP contribution in [0.1, 0.15) is 55.8 Å². The molecule has 1 fully saturated rings. The Morgan fingerprint density at radius 3 is 2.67 bits per heavy atom. The standard InChI is InChI=1S/C17H25NO3/c1-3-4-12-5-7-13(8-6-12)18-17(20)15-11-14(21-2)9-10-16(15)19/h9-13,19H,3-8H2,1-2H3,(H,18,20). The van der Waals surface area contributed by atoms with Gasteiger partial charge in [-0.05, 0) is 49.8 Å². The van der Waals surface area contributed by atoms with Crippen LogP contribution in [0.4, 0.5) is 0 Å². The Balaban J connectivity index is 1.93. The van der Waals surface area contributed by atoms with Gasteiger partial charge in [-0.2, -0.15) is 0 Å². The maximum absolute atomic E-state index is 12.3. The number of benzene rings is 1. The molecule has 1 aliphatic rings. The van der Waals surface area contributed by atoms with Gasteiger partial charge < -0.3 is 15.2 Å². The normalized spacial score (nSPS) is 21.8. The van der Waals surface area contributed by atoms with E-state index in [0.29, 0.717) is 5.75 Å². The minimum absolute atomic E-state index is 0.00651. The lowest BCUT2D eigenvalue weighted by Gasteiger charge is -2.29. The first kappa shape index (κ1) is 15.7. The van der Waals surface area contributed by atoms with Crippen molar-refractivity contribution in [1.29, 1.82) is 0 Å². The van der Waals surface area contributed by atoms with E-state index in [1.807, 2.05) is 0 Å². The average molecular weight is 291 g/mol. The Hall–Kier alpha value is -1.71. The Kier molecular flexibility index (Phi) is 5.48. The monoisotopic (exact) mass is 291 g/mol. The minimum Gasteiger partial charge on any atom is -0.507 e. The summed E-state index contributed by atoms with van der Waals surface area (Å²) in [7, 11) is 1.54. The molecule has 0 radical (unpaired) electrons. The molecule has 0 saturated heterocycles. The molecule has 0 aliphatic heterocycles. The highest BCUT2D eigenvalue weighted by Crippen LogP contribution is 2.28. The van der Waals surface area contributed by atoms with Gasteiger partial charge in [0.25, 0.3) is 5.91 Å². The Morgan fingerprint density at radius 2 is 2.05 bits per heavy atom. The third-order valence-electron chi connectivity index (χ3n) is 4.33. The van der Waals surface area contributed by atoms with E-state index in [1.54, 1.807) is 19.2 Å². The lowest BCUT2D eigenvalue weighted by atomic mass is 9.83. The molecule has 116 valence electrons. The van der Waals surface area contributed by atoms with Crippen LogP contribution in [0.25, 0.3) is 0 Å². The van der Waals surface area contributed by atoms with E-state index in [0.717, 1.165) is 18.8 Å². The summed E-state index contributed by atoms with van der Waals surface area (Å²) in [6, 6.07) is 4.93. The van der Waals surface area contributed by atoms with Crippen LogP contribution in [0.3, 0.4) is 0 Å². The molecule has 2 rings (SSSR count). The van der Waals surface area contributed by atoms with Crippen LogP contribution in [0.5, 0.6) is 11.5 Å².